The van der Waals surface area contributed by atoms with Gasteiger partial charge in [-0.2, -0.15) is 0 Å². The van der Waals surface area contributed by atoms with Gasteiger partial charge in [0.05, 0.1) is 6.10 Å². The maximum absolute atomic E-state index is 9.20. The third kappa shape index (κ3) is 1.99. The van der Waals surface area contributed by atoms with Crippen molar-refractivity contribution in [3.05, 3.63) is 23.8 Å². The van der Waals surface area contributed by atoms with Crippen molar-refractivity contribution < 1.29 is 5.11 Å². The Morgan fingerprint density at radius 2 is 2.50 bits per heavy atom. The van der Waals surface area contributed by atoms with Crippen LogP contribution in [0, 0.1) is 0 Å². The summed E-state index contributed by atoms with van der Waals surface area (Å²) in [5.74, 6) is 0. The molecule has 0 aromatic carbocycles. The average molecular weight is 138 g/mol. The van der Waals surface area contributed by atoms with E-state index in [2.05, 4.69) is 6.08 Å². The Balaban J connectivity index is 2.57. The Bertz CT molecular complexity index is 156. The summed E-state index contributed by atoms with van der Waals surface area (Å²) >= 11 is 0. The maximum atomic E-state index is 9.20. The van der Waals surface area contributed by atoms with E-state index < -0.39 is 0 Å². The predicted molar refractivity (Wildman–Crippen MR) is 42.8 cm³/mol. The van der Waals surface area contributed by atoms with Gasteiger partial charge in [-0.3, -0.25) is 0 Å². The molecule has 0 saturated heterocycles. The van der Waals surface area contributed by atoms with E-state index in [0.717, 1.165) is 19.3 Å². The summed E-state index contributed by atoms with van der Waals surface area (Å²) in [4.78, 5) is 0. The molecule has 0 amide bonds. The Kier molecular flexibility index (Phi) is 2.69. The van der Waals surface area contributed by atoms with Gasteiger partial charge >= 0.3 is 0 Å². The smallest absolute Gasteiger partial charge is 0.0726 e. The van der Waals surface area contributed by atoms with Gasteiger partial charge in [0.2, 0.25) is 0 Å². The van der Waals surface area contributed by atoms with E-state index in [0.29, 0.717) is 0 Å². The van der Waals surface area contributed by atoms with E-state index in [1.54, 1.807) is 0 Å². The van der Waals surface area contributed by atoms with Gasteiger partial charge in [-0.1, -0.05) is 18.2 Å². The second kappa shape index (κ2) is 3.57. The van der Waals surface area contributed by atoms with Crippen LogP contribution in [0.4, 0.5) is 0 Å². The largest absolute Gasteiger partial charge is 0.389 e. The van der Waals surface area contributed by atoms with Crippen LogP contribution in [0.3, 0.4) is 0 Å². The Morgan fingerprint density at radius 1 is 1.70 bits per heavy atom. The lowest BCUT2D eigenvalue weighted by molar-refractivity contribution is 0.203. The van der Waals surface area contributed by atoms with Crippen LogP contribution in [0.1, 0.15) is 26.2 Å². The SMILES string of the molecule is C/C=C/C1=CC(O)CCC1. The maximum Gasteiger partial charge on any atom is 0.0726 e. The molecule has 1 N–H and O–H groups in total. The molecule has 56 valence electrons. The Morgan fingerprint density at radius 3 is 3.10 bits per heavy atom. The van der Waals surface area contributed by atoms with Gasteiger partial charge in [0.25, 0.3) is 0 Å². The minimum atomic E-state index is -0.194. The van der Waals surface area contributed by atoms with Crippen molar-refractivity contribution in [1.82, 2.24) is 0 Å². The lowest BCUT2D eigenvalue weighted by atomic mass is 9.97. The highest BCUT2D eigenvalue weighted by molar-refractivity contribution is 5.21. The van der Waals surface area contributed by atoms with Crippen LogP contribution in [0.25, 0.3) is 0 Å². The van der Waals surface area contributed by atoms with Gasteiger partial charge in [0, 0.05) is 0 Å². The van der Waals surface area contributed by atoms with Crippen LogP contribution in [-0.4, -0.2) is 11.2 Å². The summed E-state index contributed by atoms with van der Waals surface area (Å²) in [6.45, 7) is 2.00. The van der Waals surface area contributed by atoms with Gasteiger partial charge in [-0.15, -0.1) is 0 Å². The summed E-state index contributed by atoms with van der Waals surface area (Å²) in [6, 6.07) is 0. The molecule has 0 aromatic rings. The fourth-order valence-electron chi connectivity index (χ4n) is 1.28. The van der Waals surface area contributed by atoms with Crippen LogP contribution >= 0.6 is 0 Å². The van der Waals surface area contributed by atoms with Crippen molar-refractivity contribution in [3.8, 4) is 0 Å². The summed E-state index contributed by atoms with van der Waals surface area (Å²) in [5.41, 5.74) is 1.28. The predicted octanol–water partition coefficient (Wildman–Crippen LogP) is 2.03. The molecule has 1 heteroatoms. The first-order valence-corrected chi connectivity index (χ1v) is 3.84. The van der Waals surface area contributed by atoms with E-state index in [4.69, 9.17) is 0 Å². The first-order valence-electron chi connectivity index (χ1n) is 3.84. The van der Waals surface area contributed by atoms with Crippen LogP contribution in [-0.2, 0) is 0 Å². The number of aliphatic hydroxyl groups is 1. The average Bonchev–Trinajstić information content (AvgIpc) is 1.88. The minimum absolute atomic E-state index is 0.194. The molecule has 0 bridgehead atoms. The third-order valence-corrected chi connectivity index (χ3v) is 1.75. The highest BCUT2D eigenvalue weighted by atomic mass is 16.3. The number of allylic oxidation sites excluding steroid dienone is 3. The summed E-state index contributed by atoms with van der Waals surface area (Å²) in [5, 5.41) is 9.20. The molecule has 1 unspecified atom stereocenters. The van der Waals surface area contributed by atoms with Crippen molar-refractivity contribution in [3.63, 3.8) is 0 Å². The fourth-order valence-corrected chi connectivity index (χ4v) is 1.28. The molecule has 0 radical (unpaired) electrons. The van der Waals surface area contributed by atoms with Gasteiger partial charge < -0.3 is 5.11 Å². The van der Waals surface area contributed by atoms with Crippen molar-refractivity contribution in [2.24, 2.45) is 0 Å². The molecule has 1 aliphatic carbocycles. The van der Waals surface area contributed by atoms with Gasteiger partial charge in [0.1, 0.15) is 0 Å². The van der Waals surface area contributed by atoms with Crippen LogP contribution < -0.4 is 0 Å². The first kappa shape index (κ1) is 7.55. The molecule has 1 aliphatic rings. The molecule has 0 aliphatic heterocycles. The molecule has 1 rings (SSSR count). The second-order valence-corrected chi connectivity index (χ2v) is 2.70. The standard InChI is InChI=1S/C9H14O/c1-2-4-8-5-3-6-9(10)7-8/h2,4,7,9-10H,3,5-6H2,1H3/b4-2+. The zero-order valence-corrected chi connectivity index (χ0v) is 6.38. The normalized spacial score (nSPS) is 27.0. The topological polar surface area (TPSA) is 20.2 Å². The van der Waals surface area contributed by atoms with E-state index in [1.165, 1.54) is 5.57 Å². The van der Waals surface area contributed by atoms with Gasteiger partial charge in [0.15, 0.2) is 0 Å². The number of hydrogen-bond acceptors (Lipinski definition) is 1. The number of rotatable bonds is 1. The van der Waals surface area contributed by atoms with Gasteiger partial charge in [-0.25, -0.2) is 0 Å². The van der Waals surface area contributed by atoms with E-state index in [-0.39, 0.29) is 6.10 Å². The number of hydrogen-bond donors (Lipinski definition) is 1. The molecule has 0 heterocycles. The molecule has 1 atom stereocenters. The lowest BCUT2D eigenvalue weighted by Gasteiger charge is -2.13. The molecule has 0 saturated carbocycles. The summed E-state index contributed by atoms with van der Waals surface area (Å²) < 4.78 is 0. The molecule has 0 aromatic heterocycles. The summed E-state index contributed by atoms with van der Waals surface area (Å²) in [6.07, 6.45) is 9.02. The second-order valence-electron chi connectivity index (χ2n) is 2.70. The molecule has 10 heavy (non-hydrogen) atoms. The van der Waals surface area contributed by atoms with Crippen molar-refractivity contribution in [2.45, 2.75) is 32.3 Å². The Hall–Kier alpha value is -0.560. The molecule has 0 spiro atoms. The summed E-state index contributed by atoms with van der Waals surface area (Å²) in [7, 11) is 0. The molecule has 1 nitrogen and oxygen atoms in total. The van der Waals surface area contributed by atoms with Crippen molar-refractivity contribution in [1.29, 1.82) is 0 Å². The van der Waals surface area contributed by atoms with Crippen LogP contribution in [0.15, 0.2) is 23.8 Å². The number of aliphatic hydroxyl groups excluding tert-OH is 1. The highest BCUT2D eigenvalue weighted by Gasteiger charge is 2.07. The molecular formula is C9H14O. The van der Waals surface area contributed by atoms with E-state index >= 15 is 0 Å². The van der Waals surface area contributed by atoms with Crippen LogP contribution in [0.5, 0.6) is 0 Å². The molecular weight excluding hydrogens is 124 g/mol. The highest BCUT2D eigenvalue weighted by Crippen LogP contribution is 2.18. The van der Waals surface area contributed by atoms with Crippen molar-refractivity contribution >= 4 is 0 Å². The molecule has 0 fully saturated rings. The van der Waals surface area contributed by atoms with E-state index in [1.807, 2.05) is 19.1 Å². The fraction of sp³-hybridized carbons (Fsp3) is 0.556. The zero-order valence-electron chi connectivity index (χ0n) is 6.38. The third-order valence-electron chi connectivity index (χ3n) is 1.75. The lowest BCUT2D eigenvalue weighted by Crippen LogP contribution is -2.07. The Labute approximate surface area is 62.1 Å². The quantitative estimate of drug-likeness (QED) is 0.588. The van der Waals surface area contributed by atoms with Crippen LogP contribution in [0.2, 0.25) is 0 Å². The van der Waals surface area contributed by atoms with Gasteiger partial charge in [-0.05, 0) is 31.8 Å². The van der Waals surface area contributed by atoms with E-state index in [9.17, 15) is 5.11 Å². The van der Waals surface area contributed by atoms with Crippen molar-refractivity contribution in [2.75, 3.05) is 0 Å². The minimum Gasteiger partial charge on any atom is -0.389 e. The monoisotopic (exact) mass is 138 g/mol. The first-order chi connectivity index (χ1) is 4.83. The zero-order chi connectivity index (χ0) is 7.40.